The first-order valence-corrected chi connectivity index (χ1v) is 13.5. The fourth-order valence-electron chi connectivity index (χ4n) is 6.46. The molecule has 4 heterocycles. The normalized spacial score (nSPS) is 19.9. The molecule has 8 nitrogen and oxygen atoms in total. The van der Waals surface area contributed by atoms with Gasteiger partial charge in [0.1, 0.15) is 0 Å². The summed E-state index contributed by atoms with van der Waals surface area (Å²) in [7, 11) is 3.44. The van der Waals surface area contributed by atoms with E-state index in [1.54, 1.807) is 37.2 Å². The van der Waals surface area contributed by atoms with E-state index in [0.717, 1.165) is 60.9 Å². The minimum Gasteiger partial charge on any atom is -0.381 e. The van der Waals surface area contributed by atoms with Crippen molar-refractivity contribution in [3.05, 3.63) is 58.2 Å². The number of hydrogen-bond donors (Lipinski definition) is 1. The van der Waals surface area contributed by atoms with Gasteiger partial charge < -0.3 is 15.0 Å². The monoisotopic (exact) mass is 524 g/mol. The quantitative estimate of drug-likeness (QED) is 0.535. The maximum atomic E-state index is 14.4. The standard InChI is InChI=1S/C28H34F2N6O2/c1-31-28(37)35-9-6-25-24(16-35)26(33-36(25)19-7-10-38-11-8-19)20-5-3-4-17-12-21(18-14-32-34(2)15-18)23(27(29)30)13-22(17)20/h12-15,19-20,27H,3-11,16H2,1-2H3,(H,31,37). The molecule has 0 radical (unpaired) electrons. The number of nitrogens with zero attached hydrogens (tertiary/aromatic N) is 5. The van der Waals surface area contributed by atoms with Crippen molar-refractivity contribution in [3.63, 3.8) is 0 Å². The van der Waals surface area contributed by atoms with E-state index in [2.05, 4.69) is 15.1 Å². The van der Waals surface area contributed by atoms with Gasteiger partial charge in [0.2, 0.25) is 0 Å². The Kier molecular flexibility index (Phi) is 6.67. The van der Waals surface area contributed by atoms with E-state index in [9.17, 15) is 13.6 Å². The summed E-state index contributed by atoms with van der Waals surface area (Å²) in [6.07, 6.45) is 6.01. The number of amides is 2. The first-order valence-electron chi connectivity index (χ1n) is 13.5. The van der Waals surface area contributed by atoms with Crippen LogP contribution in [-0.4, -0.2) is 57.3 Å². The molecule has 6 rings (SSSR count). The van der Waals surface area contributed by atoms with Crippen LogP contribution >= 0.6 is 0 Å². The van der Waals surface area contributed by atoms with Gasteiger partial charge in [0, 0.05) is 74.8 Å². The molecule has 2 aliphatic heterocycles. The highest BCUT2D eigenvalue weighted by atomic mass is 19.3. The fraction of sp³-hybridized carbons (Fsp3) is 0.536. The van der Waals surface area contributed by atoms with Crippen molar-refractivity contribution in [1.82, 2.24) is 29.8 Å². The largest absolute Gasteiger partial charge is 0.381 e. The molecule has 0 spiro atoms. The molecule has 202 valence electrons. The number of halogens is 2. The molecule has 1 saturated heterocycles. The zero-order chi connectivity index (χ0) is 26.4. The van der Waals surface area contributed by atoms with E-state index in [4.69, 9.17) is 9.84 Å². The molecule has 1 N–H and O–H groups in total. The molecule has 3 aromatic rings. The van der Waals surface area contributed by atoms with Crippen molar-refractivity contribution in [2.24, 2.45) is 7.05 Å². The lowest BCUT2D eigenvalue weighted by Crippen LogP contribution is -2.41. The third-order valence-corrected chi connectivity index (χ3v) is 8.36. The number of ether oxygens (including phenoxy) is 1. The lowest BCUT2D eigenvalue weighted by atomic mass is 9.77. The first-order chi connectivity index (χ1) is 18.4. The second-order valence-electron chi connectivity index (χ2n) is 10.6. The number of hydrogen-bond acceptors (Lipinski definition) is 4. The summed E-state index contributed by atoms with van der Waals surface area (Å²) in [4.78, 5) is 14.4. The number of aryl methyl sites for hydroxylation is 2. The average Bonchev–Trinajstić information content (AvgIpc) is 3.55. The van der Waals surface area contributed by atoms with Crippen molar-refractivity contribution in [3.8, 4) is 11.1 Å². The SMILES string of the molecule is CNC(=O)N1CCc2c(c(C3CCCc4cc(-c5cnn(C)c5)c(C(F)F)cc43)nn2C2CCOCC2)C1. The number of rotatable bonds is 4. The zero-order valence-corrected chi connectivity index (χ0v) is 21.9. The second kappa shape index (κ2) is 10.1. The topological polar surface area (TPSA) is 77.2 Å². The lowest BCUT2D eigenvalue weighted by Gasteiger charge is -2.31. The van der Waals surface area contributed by atoms with Gasteiger partial charge in [0.05, 0.1) is 24.5 Å². The molecule has 1 unspecified atom stereocenters. The number of urea groups is 1. The minimum absolute atomic E-state index is 0.0355. The van der Waals surface area contributed by atoms with E-state index in [-0.39, 0.29) is 23.6 Å². The maximum Gasteiger partial charge on any atom is 0.317 e. The molecule has 0 saturated carbocycles. The Balaban J connectivity index is 1.46. The van der Waals surface area contributed by atoms with E-state index >= 15 is 0 Å². The molecule has 1 fully saturated rings. The second-order valence-corrected chi connectivity index (χ2v) is 10.6. The molecular formula is C28H34F2N6O2. The summed E-state index contributed by atoms with van der Waals surface area (Å²) in [5.41, 5.74) is 6.53. The summed E-state index contributed by atoms with van der Waals surface area (Å²) in [5, 5.41) is 12.2. The highest BCUT2D eigenvalue weighted by Gasteiger charge is 2.35. The van der Waals surface area contributed by atoms with E-state index in [1.807, 2.05) is 11.0 Å². The van der Waals surface area contributed by atoms with Crippen LogP contribution in [0.15, 0.2) is 24.5 Å². The Labute approximate surface area is 220 Å². The first kappa shape index (κ1) is 25.0. The van der Waals surface area contributed by atoms with Gasteiger partial charge in [-0.2, -0.15) is 10.2 Å². The number of carbonyl (C=O) groups excluding carboxylic acids is 1. The smallest absolute Gasteiger partial charge is 0.317 e. The van der Waals surface area contributed by atoms with Crippen molar-refractivity contribution in [2.45, 2.75) is 63.5 Å². The van der Waals surface area contributed by atoms with Crippen LogP contribution in [-0.2, 0) is 31.2 Å². The number of benzene rings is 1. The molecule has 1 aromatic carbocycles. The maximum absolute atomic E-state index is 14.4. The molecule has 0 bridgehead atoms. The molecular weight excluding hydrogens is 490 g/mol. The van der Waals surface area contributed by atoms with Gasteiger partial charge in [-0.25, -0.2) is 13.6 Å². The van der Waals surface area contributed by atoms with Crippen LogP contribution in [0.1, 0.15) is 77.7 Å². The van der Waals surface area contributed by atoms with Gasteiger partial charge in [0.15, 0.2) is 0 Å². The van der Waals surface area contributed by atoms with Crippen molar-refractivity contribution >= 4 is 6.03 Å². The summed E-state index contributed by atoms with van der Waals surface area (Å²) >= 11 is 0. The number of alkyl halides is 2. The van der Waals surface area contributed by atoms with Gasteiger partial charge in [0.25, 0.3) is 6.43 Å². The highest BCUT2D eigenvalue weighted by Crippen LogP contribution is 2.44. The molecule has 3 aliphatic rings. The Bertz CT molecular complexity index is 1340. The van der Waals surface area contributed by atoms with Crippen molar-refractivity contribution in [1.29, 1.82) is 0 Å². The molecule has 1 aliphatic carbocycles. The van der Waals surface area contributed by atoms with Crippen molar-refractivity contribution < 1.29 is 18.3 Å². The third kappa shape index (κ3) is 4.38. The summed E-state index contributed by atoms with van der Waals surface area (Å²) < 4.78 is 38.2. The molecule has 2 aromatic heterocycles. The summed E-state index contributed by atoms with van der Waals surface area (Å²) in [6, 6.07) is 3.81. The van der Waals surface area contributed by atoms with Gasteiger partial charge in [-0.05, 0) is 54.9 Å². The summed E-state index contributed by atoms with van der Waals surface area (Å²) in [5.74, 6) is -0.0846. The van der Waals surface area contributed by atoms with Crippen LogP contribution in [0, 0.1) is 0 Å². The summed E-state index contributed by atoms with van der Waals surface area (Å²) in [6.45, 7) is 2.53. The zero-order valence-electron chi connectivity index (χ0n) is 21.9. The van der Waals surface area contributed by atoms with Crippen LogP contribution < -0.4 is 5.32 Å². The number of fused-ring (bicyclic) bond motifs is 2. The van der Waals surface area contributed by atoms with Crippen LogP contribution in [0.25, 0.3) is 11.1 Å². The Hall–Kier alpha value is -3.27. The number of carbonyl (C=O) groups is 1. The van der Waals surface area contributed by atoms with Gasteiger partial charge in [-0.3, -0.25) is 9.36 Å². The number of nitrogens with one attached hydrogen (secondary N) is 1. The Morgan fingerprint density at radius 2 is 2.00 bits per heavy atom. The van der Waals surface area contributed by atoms with Crippen LogP contribution in [0.2, 0.25) is 0 Å². The third-order valence-electron chi connectivity index (χ3n) is 8.36. The Morgan fingerprint density at radius 3 is 2.71 bits per heavy atom. The average molecular weight is 525 g/mol. The predicted octanol–water partition coefficient (Wildman–Crippen LogP) is 4.74. The number of aromatic nitrogens is 4. The Morgan fingerprint density at radius 1 is 1.18 bits per heavy atom. The van der Waals surface area contributed by atoms with Crippen molar-refractivity contribution in [2.75, 3.05) is 26.8 Å². The van der Waals surface area contributed by atoms with E-state index in [1.165, 1.54) is 5.69 Å². The molecule has 1 atom stereocenters. The van der Waals surface area contributed by atoms with Crippen LogP contribution in [0.5, 0.6) is 0 Å². The molecule has 10 heteroatoms. The minimum atomic E-state index is -2.60. The van der Waals surface area contributed by atoms with Crippen LogP contribution in [0.4, 0.5) is 13.6 Å². The van der Waals surface area contributed by atoms with E-state index < -0.39 is 6.43 Å². The lowest BCUT2D eigenvalue weighted by molar-refractivity contribution is 0.0650. The highest BCUT2D eigenvalue weighted by molar-refractivity contribution is 5.74. The fourth-order valence-corrected chi connectivity index (χ4v) is 6.46. The molecule has 2 amide bonds. The van der Waals surface area contributed by atoms with Gasteiger partial charge >= 0.3 is 6.03 Å². The van der Waals surface area contributed by atoms with E-state index in [0.29, 0.717) is 37.4 Å². The van der Waals surface area contributed by atoms with Crippen LogP contribution in [0.3, 0.4) is 0 Å². The molecule has 38 heavy (non-hydrogen) atoms. The van der Waals surface area contributed by atoms with Gasteiger partial charge in [-0.1, -0.05) is 6.07 Å². The van der Waals surface area contributed by atoms with Gasteiger partial charge in [-0.15, -0.1) is 0 Å². The predicted molar refractivity (Wildman–Crippen MR) is 138 cm³/mol.